The van der Waals surface area contributed by atoms with E-state index in [0.717, 1.165) is 5.56 Å². The van der Waals surface area contributed by atoms with Crippen molar-refractivity contribution >= 4 is 17.7 Å². The van der Waals surface area contributed by atoms with Crippen molar-refractivity contribution in [2.75, 3.05) is 12.8 Å². The lowest BCUT2D eigenvalue weighted by Gasteiger charge is -2.17. The van der Waals surface area contributed by atoms with E-state index in [2.05, 4.69) is 19.1 Å². The fourth-order valence-electron chi connectivity index (χ4n) is 1.91. The zero-order valence-corrected chi connectivity index (χ0v) is 12.7. The van der Waals surface area contributed by atoms with Crippen LogP contribution in [-0.4, -0.2) is 23.6 Å². The highest BCUT2D eigenvalue weighted by Crippen LogP contribution is 2.22. The summed E-state index contributed by atoms with van der Waals surface area (Å²) in [6.07, 6.45) is 0. The molecular formula is C17H19NOS. The number of aryl methyl sites for hydroxylation is 1. The lowest BCUT2D eigenvalue weighted by atomic mass is 10.2. The first-order valence-corrected chi connectivity index (χ1v) is 7.61. The summed E-state index contributed by atoms with van der Waals surface area (Å²) in [5, 5.41) is 0. The van der Waals surface area contributed by atoms with Crippen molar-refractivity contribution in [1.29, 1.82) is 0 Å². The van der Waals surface area contributed by atoms with Crippen molar-refractivity contribution in [3.05, 3.63) is 65.7 Å². The van der Waals surface area contributed by atoms with Crippen LogP contribution in [0.25, 0.3) is 0 Å². The van der Waals surface area contributed by atoms with E-state index in [4.69, 9.17) is 0 Å². The van der Waals surface area contributed by atoms with Gasteiger partial charge in [0.25, 0.3) is 0 Å². The maximum absolute atomic E-state index is 12.1. The molecule has 2 rings (SSSR count). The van der Waals surface area contributed by atoms with Gasteiger partial charge in [-0.25, -0.2) is 0 Å². The standard InChI is InChI=1S/C17H19NOS/c1-14-8-6-7-11-16(14)20-13-17(19)18(2)12-15-9-4-3-5-10-15/h3-11H,12-13H2,1-2H3. The molecule has 0 aliphatic rings. The van der Waals surface area contributed by atoms with Gasteiger partial charge in [-0.1, -0.05) is 48.5 Å². The number of carbonyl (C=O) groups is 1. The van der Waals surface area contributed by atoms with Crippen LogP contribution in [0.3, 0.4) is 0 Å². The van der Waals surface area contributed by atoms with Gasteiger partial charge in [-0.05, 0) is 24.1 Å². The topological polar surface area (TPSA) is 20.3 Å². The van der Waals surface area contributed by atoms with Gasteiger partial charge in [-0.3, -0.25) is 4.79 Å². The van der Waals surface area contributed by atoms with Gasteiger partial charge in [0.05, 0.1) is 5.75 Å². The Morgan fingerprint density at radius 1 is 1.05 bits per heavy atom. The molecule has 20 heavy (non-hydrogen) atoms. The zero-order chi connectivity index (χ0) is 14.4. The van der Waals surface area contributed by atoms with E-state index in [0.29, 0.717) is 12.3 Å². The average Bonchev–Trinajstić information content (AvgIpc) is 2.47. The number of amides is 1. The largest absolute Gasteiger partial charge is 0.341 e. The summed E-state index contributed by atoms with van der Waals surface area (Å²) in [5.74, 6) is 0.635. The second-order valence-electron chi connectivity index (χ2n) is 4.79. The highest BCUT2D eigenvalue weighted by molar-refractivity contribution is 8.00. The fraction of sp³-hybridized carbons (Fsp3) is 0.235. The third-order valence-electron chi connectivity index (χ3n) is 3.13. The zero-order valence-electron chi connectivity index (χ0n) is 11.9. The molecule has 2 aromatic rings. The van der Waals surface area contributed by atoms with Gasteiger partial charge < -0.3 is 4.90 Å². The van der Waals surface area contributed by atoms with Crippen LogP contribution in [0.1, 0.15) is 11.1 Å². The maximum Gasteiger partial charge on any atom is 0.232 e. The molecule has 104 valence electrons. The fourth-order valence-corrected chi connectivity index (χ4v) is 2.88. The van der Waals surface area contributed by atoms with Crippen molar-refractivity contribution < 1.29 is 4.79 Å². The first-order chi connectivity index (χ1) is 9.66. The Labute approximate surface area is 124 Å². The molecule has 0 saturated carbocycles. The molecule has 0 aliphatic carbocycles. The highest BCUT2D eigenvalue weighted by atomic mass is 32.2. The van der Waals surface area contributed by atoms with Crippen LogP contribution >= 0.6 is 11.8 Å². The number of rotatable bonds is 5. The predicted molar refractivity (Wildman–Crippen MR) is 84.8 cm³/mol. The van der Waals surface area contributed by atoms with Crippen molar-refractivity contribution in [1.82, 2.24) is 4.90 Å². The average molecular weight is 285 g/mol. The van der Waals surface area contributed by atoms with E-state index < -0.39 is 0 Å². The van der Waals surface area contributed by atoms with Crippen LogP contribution in [0.15, 0.2) is 59.5 Å². The van der Waals surface area contributed by atoms with Crippen LogP contribution in [0.4, 0.5) is 0 Å². The van der Waals surface area contributed by atoms with E-state index in [1.807, 2.05) is 49.5 Å². The third-order valence-corrected chi connectivity index (χ3v) is 4.29. The number of benzene rings is 2. The number of nitrogens with zero attached hydrogens (tertiary/aromatic N) is 1. The van der Waals surface area contributed by atoms with Crippen molar-refractivity contribution in [3.63, 3.8) is 0 Å². The molecule has 0 atom stereocenters. The van der Waals surface area contributed by atoms with Gasteiger partial charge in [-0.2, -0.15) is 0 Å². The Kier molecular flexibility index (Phi) is 5.24. The molecule has 0 bridgehead atoms. The number of thioether (sulfide) groups is 1. The van der Waals surface area contributed by atoms with Crippen LogP contribution < -0.4 is 0 Å². The minimum absolute atomic E-state index is 0.155. The van der Waals surface area contributed by atoms with E-state index in [-0.39, 0.29) is 5.91 Å². The molecule has 0 spiro atoms. The Morgan fingerprint density at radius 2 is 1.70 bits per heavy atom. The summed E-state index contributed by atoms with van der Waals surface area (Å²) < 4.78 is 0. The second kappa shape index (κ2) is 7.15. The van der Waals surface area contributed by atoms with Crippen LogP contribution in [0.5, 0.6) is 0 Å². The predicted octanol–water partition coefficient (Wildman–Crippen LogP) is 3.75. The highest BCUT2D eigenvalue weighted by Gasteiger charge is 2.10. The number of hydrogen-bond donors (Lipinski definition) is 0. The molecule has 0 N–H and O–H groups in total. The maximum atomic E-state index is 12.1. The van der Waals surface area contributed by atoms with Gasteiger partial charge in [0, 0.05) is 18.5 Å². The van der Waals surface area contributed by atoms with Gasteiger partial charge in [0.15, 0.2) is 0 Å². The molecule has 2 nitrogen and oxygen atoms in total. The lowest BCUT2D eigenvalue weighted by molar-refractivity contribution is -0.127. The van der Waals surface area contributed by atoms with E-state index in [1.165, 1.54) is 10.5 Å². The Bertz CT molecular complexity index is 568. The summed E-state index contributed by atoms with van der Waals surface area (Å²) in [6.45, 7) is 2.73. The van der Waals surface area contributed by atoms with E-state index in [9.17, 15) is 4.79 Å². The first-order valence-electron chi connectivity index (χ1n) is 6.63. The van der Waals surface area contributed by atoms with Crippen LogP contribution in [-0.2, 0) is 11.3 Å². The van der Waals surface area contributed by atoms with Crippen molar-refractivity contribution in [2.45, 2.75) is 18.4 Å². The van der Waals surface area contributed by atoms with E-state index >= 15 is 0 Å². The minimum atomic E-state index is 0.155. The van der Waals surface area contributed by atoms with Crippen molar-refractivity contribution in [2.24, 2.45) is 0 Å². The summed E-state index contributed by atoms with van der Waals surface area (Å²) in [6, 6.07) is 18.2. The number of carbonyl (C=O) groups excluding carboxylic acids is 1. The monoisotopic (exact) mass is 285 g/mol. The summed E-state index contributed by atoms with van der Waals surface area (Å²) >= 11 is 1.60. The normalized spacial score (nSPS) is 10.3. The third kappa shape index (κ3) is 4.14. The first kappa shape index (κ1) is 14.7. The van der Waals surface area contributed by atoms with Crippen LogP contribution in [0.2, 0.25) is 0 Å². The van der Waals surface area contributed by atoms with E-state index in [1.54, 1.807) is 16.7 Å². The summed E-state index contributed by atoms with van der Waals surface area (Å²) in [4.78, 5) is 15.1. The van der Waals surface area contributed by atoms with Gasteiger partial charge in [0.2, 0.25) is 5.91 Å². The SMILES string of the molecule is Cc1ccccc1SCC(=O)N(C)Cc1ccccc1. The summed E-state index contributed by atoms with van der Waals surface area (Å²) in [5.41, 5.74) is 2.38. The van der Waals surface area contributed by atoms with Gasteiger partial charge in [-0.15, -0.1) is 11.8 Å². The molecule has 0 fully saturated rings. The molecule has 2 aromatic carbocycles. The molecule has 0 saturated heterocycles. The molecule has 0 unspecified atom stereocenters. The smallest absolute Gasteiger partial charge is 0.232 e. The van der Waals surface area contributed by atoms with Crippen molar-refractivity contribution in [3.8, 4) is 0 Å². The molecular weight excluding hydrogens is 266 g/mol. The number of hydrogen-bond acceptors (Lipinski definition) is 2. The lowest BCUT2D eigenvalue weighted by Crippen LogP contribution is -2.27. The molecule has 0 aliphatic heterocycles. The van der Waals surface area contributed by atoms with Gasteiger partial charge in [0.1, 0.15) is 0 Å². The quantitative estimate of drug-likeness (QED) is 0.780. The Hall–Kier alpha value is -1.74. The van der Waals surface area contributed by atoms with Crippen LogP contribution in [0, 0.1) is 6.92 Å². The second-order valence-corrected chi connectivity index (χ2v) is 5.81. The molecule has 0 aromatic heterocycles. The molecule has 1 amide bonds. The summed E-state index contributed by atoms with van der Waals surface area (Å²) in [7, 11) is 1.85. The van der Waals surface area contributed by atoms with Gasteiger partial charge >= 0.3 is 0 Å². The Balaban J connectivity index is 1.87. The molecule has 0 heterocycles. The Morgan fingerprint density at radius 3 is 2.40 bits per heavy atom. The molecule has 0 radical (unpaired) electrons. The minimum Gasteiger partial charge on any atom is -0.341 e. The molecule has 3 heteroatoms.